The molecule has 1 saturated heterocycles. The lowest BCUT2D eigenvalue weighted by Crippen LogP contribution is -2.36. The van der Waals surface area contributed by atoms with Gasteiger partial charge < -0.3 is 15.0 Å². The SMILES string of the molecule is CCC(NCCN1CCCCC1)c1ccccc1OC. The number of nitrogens with zero attached hydrogens (tertiary/aromatic N) is 1. The molecule has 3 nitrogen and oxygen atoms in total. The monoisotopic (exact) mass is 276 g/mol. The van der Waals surface area contributed by atoms with Gasteiger partial charge in [0, 0.05) is 24.7 Å². The lowest BCUT2D eigenvalue weighted by molar-refractivity contribution is 0.225. The maximum atomic E-state index is 5.47. The van der Waals surface area contributed by atoms with Crippen LogP contribution in [0, 0.1) is 0 Å². The maximum Gasteiger partial charge on any atom is 0.123 e. The van der Waals surface area contributed by atoms with Crippen LogP contribution in [-0.4, -0.2) is 38.2 Å². The molecule has 0 amide bonds. The lowest BCUT2D eigenvalue weighted by atomic mass is 10.0. The Labute approximate surface area is 123 Å². The van der Waals surface area contributed by atoms with Crippen LogP contribution in [0.4, 0.5) is 0 Å². The van der Waals surface area contributed by atoms with E-state index in [4.69, 9.17) is 4.74 Å². The number of likely N-dealkylation sites (tertiary alicyclic amines) is 1. The Hall–Kier alpha value is -1.06. The van der Waals surface area contributed by atoms with Gasteiger partial charge in [-0.3, -0.25) is 0 Å². The first kappa shape index (κ1) is 15.3. The maximum absolute atomic E-state index is 5.47. The van der Waals surface area contributed by atoms with Crippen molar-refractivity contribution in [1.29, 1.82) is 0 Å². The summed E-state index contributed by atoms with van der Waals surface area (Å²) in [4.78, 5) is 2.57. The number of benzene rings is 1. The van der Waals surface area contributed by atoms with Crippen LogP contribution in [0.1, 0.15) is 44.2 Å². The minimum absolute atomic E-state index is 0.385. The van der Waals surface area contributed by atoms with Gasteiger partial charge in [-0.15, -0.1) is 0 Å². The van der Waals surface area contributed by atoms with Crippen LogP contribution < -0.4 is 10.1 Å². The van der Waals surface area contributed by atoms with Crippen LogP contribution in [0.25, 0.3) is 0 Å². The summed E-state index contributed by atoms with van der Waals surface area (Å²) in [5.74, 6) is 0.991. The molecule has 0 radical (unpaired) electrons. The molecule has 0 aliphatic carbocycles. The van der Waals surface area contributed by atoms with Crippen LogP contribution in [-0.2, 0) is 0 Å². The average molecular weight is 276 g/mol. The molecule has 1 aromatic rings. The van der Waals surface area contributed by atoms with Gasteiger partial charge >= 0.3 is 0 Å². The molecule has 112 valence electrons. The highest BCUT2D eigenvalue weighted by molar-refractivity contribution is 5.35. The highest BCUT2D eigenvalue weighted by Gasteiger charge is 2.14. The van der Waals surface area contributed by atoms with Crippen LogP contribution in [0.5, 0.6) is 5.75 Å². The van der Waals surface area contributed by atoms with Gasteiger partial charge in [-0.25, -0.2) is 0 Å². The van der Waals surface area contributed by atoms with E-state index in [1.807, 2.05) is 12.1 Å². The Bertz CT molecular complexity index is 388. The van der Waals surface area contributed by atoms with Gasteiger partial charge in [0.05, 0.1) is 7.11 Å². The van der Waals surface area contributed by atoms with Crippen LogP contribution in [0.2, 0.25) is 0 Å². The molecule has 1 aliphatic rings. The summed E-state index contributed by atoms with van der Waals surface area (Å²) in [5.41, 5.74) is 1.27. The first-order valence-corrected chi connectivity index (χ1v) is 7.93. The molecule has 0 saturated carbocycles. The van der Waals surface area contributed by atoms with E-state index < -0.39 is 0 Å². The van der Waals surface area contributed by atoms with E-state index in [-0.39, 0.29) is 0 Å². The third-order valence-corrected chi connectivity index (χ3v) is 4.19. The highest BCUT2D eigenvalue weighted by atomic mass is 16.5. The second-order valence-corrected chi connectivity index (χ2v) is 5.56. The largest absolute Gasteiger partial charge is 0.496 e. The Morgan fingerprint density at radius 1 is 1.20 bits per heavy atom. The predicted molar refractivity (Wildman–Crippen MR) is 84.3 cm³/mol. The fourth-order valence-corrected chi connectivity index (χ4v) is 3.01. The van der Waals surface area contributed by atoms with Crippen molar-refractivity contribution in [2.45, 2.75) is 38.6 Å². The Morgan fingerprint density at radius 2 is 1.95 bits per heavy atom. The van der Waals surface area contributed by atoms with Crippen LogP contribution in [0.3, 0.4) is 0 Å². The van der Waals surface area contributed by atoms with E-state index in [9.17, 15) is 0 Å². The molecule has 1 aromatic carbocycles. The summed E-state index contributed by atoms with van der Waals surface area (Å²) in [6.45, 7) is 6.98. The van der Waals surface area contributed by atoms with Crippen molar-refractivity contribution in [2.24, 2.45) is 0 Å². The molecule has 0 aromatic heterocycles. The van der Waals surface area contributed by atoms with Crippen LogP contribution >= 0.6 is 0 Å². The fourth-order valence-electron chi connectivity index (χ4n) is 3.01. The number of ether oxygens (including phenoxy) is 1. The van der Waals surface area contributed by atoms with Gasteiger partial charge in [-0.1, -0.05) is 31.5 Å². The molecule has 3 heteroatoms. The van der Waals surface area contributed by atoms with Gasteiger partial charge in [-0.05, 0) is 38.4 Å². The zero-order valence-corrected chi connectivity index (χ0v) is 12.9. The van der Waals surface area contributed by atoms with Crippen molar-refractivity contribution >= 4 is 0 Å². The molecular formula is C17H28N2O. The standard InChI is InChI=1S/C17H28N2O/c1-3-16(15-9-5-6-10-17(15)20-2)18-11-14-19-12-7-4-8-13-19/h5-6,9-10,16,18H,3-4,7-8,11-14H2,1-2H3. The number of rotatable bonds is 7. The minimum atomic E-state index is 0.385. The van der Waals surface area contributed by atoms with Gasteiger partial charge in [-0.2, -0.15) is 0 Å². The molecule has 1 N–H and O–H groups in total. The van der Waals surface area contributed by atoms with Crippen molar-refractivity contribution in [3.63, 3.8) is 0 Å². The first-order chi connectivity index (χ1) is 9.85. The fraction of sp³-hybridized carbons (Fsp3) is 0.647. The lowest BCUT2D eigenvalue weighted by Gasteiger charge is -2.27. The van der Waals surface area contributed by atoms with Gasteiger partial charge in [0.2, 0.25) is 0 Å². The molecular weight excluding hydrogens is 248 g/mol. The van der Waals surface area contributed by atoms with E-state index in [1.165, 1.54) is 37.9 Å². The molecule has 20 heavy (non-hydrogen) atoms. The Kier molecular flexibility index (Phi) is 6.34. The van der Waals surface area contributed by atoms with E-state index in [0.29, 0.717) is 6.04 Å². The van der Waals surface area contributed by atoms with Crippen LogP contribution in [0.15, 0.2) is 24.3 Å². The molecule has 0 spiro atoms. The van der Waals surface area contributed by atoms with Crippen molar-refractivity contribution in [2.75, 3.05) is 33.3 Å². The molecule has 1 aliphatic heterocycles. The smallest absolute Gasteiger partial charge is 0.123 e. The molecule has 2 rings (SSSR count). The van der Waals surface area contributed by atoms with Crippen molar-refractivity contribution in [1.82, 2.24) is 10.2 Å². The Morgan fingerprint density at radius 3 is 2.65 bits per heavy atom. The number of piperidine rings is 1. The summed E-state index contributed by atoms with van der Waals surface area (Å²) in [7, 11) is 1.75. The second kappa shape index (κ2) is 8.28. The Balaban J connectivity index is 1.85. The third-order valence-electron chi connectivity index (χ3n) is 4.19. The van der Waals surface area contributed by atoms with E-state index in [1.54, 1.807) is 7.11 Å². The first-order valence-electron chi connectivity index (χ1n) is 7.93. The number of para-hydroxylation sites is 1. The van der Waals surface area contributed by atoms with Crippen molar-refractivity contribution in [3.05, 3.63) is 29.8 Å². The normalized spacial score (nSPS) is 17.9. The predicted octanol–water partition coefficient (Wildman–Crippen LogP) is 3.22. The van der Waals surface area contributed by atoms with E-state index >= 15 is 0 Å². The molecule has 1 heterocycles. The summed E-state index contributed by atoms with van der Waals surface area (Å²) >= 11 is 0. The topological polar surface area (TPSA) is 24.5 Å². The molecule has 1 fully saturated rings. The zero-order valence-electron chi connectivity index (χ0n) is 12.9. The van der Waals surface area contributed by atoms with Crippen molar-refractivity contribution < 1.29 is 4.74 Å². The van der Waals surface area contributed by atoms with Gasteiger partial charge in [0.25, 0.3) is 0 Å². The number of methoxy groups -OCH3 is 1. The minimum Gasteiger partial charge on any atom is -0.496 e. The number of hydrogen-bond acceptors (Lipinski definition) is 3. The molecule has 0 bridgehead atoms. The number of nitrogens with one attached hydrogen (secondary N) is 1. The second-order valence-electron chi connectivity index (χ2n) is 5.56. The van der Waals surface area contributed by atoms with E-state index in [0.717, 1.165) is 25.3 Å². The van der Waals surface area contributed by atoms with Gasteiger partial charge in [0.1, 0.15) is 5.75 Å². The number of hydrogen-bond donors (Lipinski definition) is 1. The summed E-state index contributed by atoms with van der Waals surface area (Å²) < 4.78 is 5.47. The summed E-state index contributed by atoms with van der Waals surface area (Å²) in [5, 5.41) is 3.69. The highest BCUT2D eigenvalue weighted by Crippen LogP contribution is 2.26. The average Bonchev–Trinajstić information content (AvgIpc) is 2.53. The summed E-state index contributed by atoms with van der Waals surface area (Å²) in [6, 6.07) is 8.72. The quantitative estimate of drug-likeness (QED) is 0.827. The molecule has 1 unspecified atom stereocenters. The van der Waals surface area contributed by atoms with Crippen molar-refractivity contribution in [3.8, 4) is 5.75 Å². The van der Waals surface area contributed by atoms with E-state index in [2.05, 4.69) is 29.3 Å². The summed E-state index contributed by atoms with van der Waals surface area (Å²) in [6.07, 6.45) is 5.22. The molecule has 1 atom stereocenters. The third kappa shape index (κ3) is 4.22. The zero-order chi connectivity index (χ0) is 14.2. The van der Waals surface area contributed by atoms with Gasteiger partial charge in [0.15, 0.2) is 0 Å².